The highest BCUT2D eigenvalue weighted by Gasteiger charge is 2.23. The Bertz CT molecular complexity index is 2970. The Morgan fingerprint density at radius 1 is 0.683 bits per heavy atom. The number of hydrogen-bond donors (Lipinski definition) is 1. The highest BCUT2D eigenvalue weighted by molar-refractivity contribution is 6.28. The van der Waals surface area contributed by atoms with Crippen LogP contribution in [0, 0.1) is 38.8 Å². The summed E-state index contributed by atoms with van der Waals surface area (Å²) in [5.41, 5.74) is 3.54. The van der Waals surface area contributed by atoms with Crippen LogP contribution >= 0.6 is 11.6 Å². The van der Waals surface area contributed by atoms with Gasteiger partial charge >= 0.3 is 24.6 Å². The molecule has 0 spiro atoms. The third kappa shape index (κ3) is 10.6. The number of anilines is 2. The third-order valence-corrected chi connectivity index (χ3v) is 9.18. The fraction of sp³-hybridized carbons (Fsp3) is 0.122. The summed E-state index contributed by atoms with van der Waals surface area (Å²) in [6.45, 7) is -5.04. The molecule has 0 bridgehead atoms. The van der Waals surface area contributed by atoms with E-state index in [1.165, 1.54) is 24.0 Å². The molecule has 0 aliphatic carbocycles. The van der Waals surface area contributed by atoms with Crippen molar-refractivity contribution in [3.05, 3.63) is 152 Å². The van der Waals surface area contributed by atoms with Gasteiger partial charge in [0, 0.05) is 96.1 Å². The number of halogens is 7. The molecule has 0 atom stereocenters. The number of hydrogen-bond acceptors (Lipinski definition) is 11. The number of nitro groups is 2. The third-order valence-electron chi connectivity index (χ3n) is 8.99. The summed E-state index contributed by atoms with van der Waals surface area (Å²) in [7, 11) is 3.91. The molecule has 0 aliphatic rings. The first-order valence-corrected chi connectivity index (χ1v) is 18.4. The maximum absolute atomic E-state index is 13.9. The van der Waals surface area contributed by atoms with Gasteiger partial charge in [-0.3, -0.25) is 20.2 Å². The van der Waals surface area contributed by atoms with Gasteiger partial charge < -0.3 is 23.9 Å². The molecule has 15 nitrogen and oxygen atoms in total. The standard InChI is InChI=1S/C20H14F3N5O3.C13H10ClN3.C8H6F3NO3/c1-27-10-12(11-4-2-3-5-16(11)27)14-6-7-24-20(25-14)26-15-9-17(28(29)30)13(21)8-18(15)31-19(22)23;1-17-8-10(9-4-2-3-5-12(9)17)11-6-7-15-13(14)16-11;1-4-2-6(12(13)14)5(9)3-7(4)15-8(10)11/h2-10,19H,1H3,(H,24,25,26);2-8H,1H3;2-3,8H,1H3. The Kier molecular flexibility index (Phi) is 13.7. The van der Waals surface area contributed by atoms with Crippen LogP contribution in [-0.4, -0.2) is 52.1 Å². The number of fused-ring (bicyclic) bond motifs is 2. The minimum atomic E-state index is -3.26. The van der Waals surface area contributed by atoms with Gasteiger partial charge in [0.15, 0.2) is 5.75 Å². The van der Waals surface area contributed by atoms with Crippen LogP contribution in [0.4, 0.5) is 49.4 Å². The number of aromatic nitrogens is 6. The van der Waals surface area contributed by atoms with E-state index in [-0.39, 0.29) is 22.5 Å². The number of benzene rings is 4. The van der Waals surface area contributed by atoms with E-state index in [4.69, 9.17) is 11.6 Å². The highest BCUT2D eigenvalue weighted by Crippen LogP contribution is 2.36. The summed E-state index contributed by atoms with van der Waals surface area (Å²) in [6, 6.07) is 22.1. The Hall–Kier alpha value is -7.81. The van der Waals surface area contributed by atoms with E-state index in [1.54, 1.807) is 12.3 Å². The molecule has 324 valence electrons. The first kappa shape index (κ1) is 44.7. The number of aryl methyl sites for hydroxylation is 3. The van der Waals surface area contributed by atoms with Gasteiger partial charge in [0.1, 0.15) is 5.75 Å². The summed E-state index contributed by atoms with van der Waals surface area (Å²) in [5, 5.41) is 26.3. The molecule has 22 heteroatoms. The number of rotatable bonds is 10. The second-order valence-corrected chi connectivity index (χ2v) is 13.4. The average Bonchev–Trinajstić information content (AvgIpc) is 3.76. The summed E-state index contributed by atoms with van der Waals surface area (Å²) < 4.78 is 88.2. The number of nitrogens with zero attached hydrogens (tertiary/aromatic N) is 8. The minimum absolute atomic E-state index is 0.0366. The minimum Gasteiger partial charge on any atom is -0.434 e. The number of alkyl halides is 4. The predicted molar refractivity (Wildman–Crippen MR) is 220 cm³/mol. The van der Waals surface area contributed by atoms with Gasteiger partial charge in [0.2, 0.25) is 22.9 Å². The first-order chi connectivity index (χ1) is 30.0. The lowest BCUT2D eigenvalue weighted by Crippen LogP contribution is -2.07. The zero-order valence-electron chi connectivity index (χ0n) is 32.7. The van der Waals surface area contributed by atoms with Gasteiger partial charge in [-0.25, -0.2) is 19.9 Å². The molecule has 0 saturated carbocycles. The maximum Gasteiger partial charge on any atom is 0.387 e. The SMILES string of the molecule is Cc1cc([N+](=O)[O-])c(F)cc1OC(F)F.Cn1cc(-c2ccnc(Cl)n2)c2ccccc21.Cn1cc(-c2ccnc(Nc3cc([N+](=O)[O-])c(F)cc3OC(F)F)n2)c2ccccc21. The van der Waals surface area contributed by atoms with E-state index in [0.29, 0.717) is 17.8 Å². The molecule has 0 unspecified atom stereocenters. The number of para-hydroxylation sites is 2. The molecule has 63 heavy (non-hydrogen) atoms. The molecule has 0 amide bonds. The molecule has 1 N–H and O–H groups in total. The van der Waals surface area contributed by atoms with Crippen LogP contribution in [0.3, 0.4) is 0 Å². The Balaban J connectivity index is 0.000000174. The van der Waals surface area contributed by atoms with Crippen molar-refractivity contribution < 1.29 is 45.7 Å². The molecular weight excluding hydrogens is 864 g/mol. The topological polar surface area (TPSA) is 178 Å². The molecule has 0 radical (unpaired) electrons. The Labute approximate surface area is 356 Å². The van der Waals surface area contributed by atoms with E-state index >= 15 is 0 Å². The van der Waals surface area contributed by atoms with Gasteiger partial charge in [-0.05, 0) is 48.4 Å². The van der Waals surface area contributed by atoms with Gasteiger partial charge in [0.25, 0.3) is 0 Å². The second kappa shape index (κ2) is 19.3. The van der Waals surface area contributed by atoms with Crippen LogP contribution < -0.4 is 14.8 Å². The summed E-state index contributed by atoms with van der Waals surface area (Å²) in [5.74, 6) is -3.58. The molecule has 0 aliphatic heterocycles. The van der Waals surface area contributed by atoms with E-state index in [2.05, 4.69) is 57.6 Å². The van der Waals surface area contributed by atoms with E-state index in [0.717, 1.165) is 39.9 Å². The molecular formula is C41H30ClF6N9O6. The zero-order valence-corrected chi connectivity index (χ0v) is 33.5. The quantitative estimate of drug-likeness (QED) is 0.0598. The summed E-state index contributed by atoms with van der Waals surface area (Å²) in [6.07, 6.45) is 7.05. The fourth-order valence-electron chi connectivity index (χ4n) is 6.25. The van der Waals surface area contributed by atoms with E-state index in [9.17, 15) is 46.6 Å². The van der Waals surface area contributed by atoms with Crippen molar-refractivity contribution in [1.29, 1.82) is 0 Å². The molecule has 0 saturated heterocycles. The molecule has 4 aromatic heterocycles. The van der Waals surface area contributed by atoms with Crippen molar-refractivity contribution in [1.82, 2.24) is 29.1 Å². The lowest BCUT2D eigenvalue weighted by Gasteiger charge is -2.12. The number of nitro benzene ring substituents is 2. The van der Waals surface area contributed by atoms with Crippen molar-refractivity contribution in [2.75, 3.05) is 5.32 Å². The van der Waals surface area contributed by atoms with Crippen molar-refractivity contribution in [2.45, 2.75) is 20.1 Å². The van der Waals surface area contributed by atoms with Crippen LogP contribution in [0.25, 0.3) is 44.3 Å². The van der Waals surface area contributed by atoms with E-state index < -0.39 is 57.6 Å². The first-order valence-electron chi connectivity index (χ1n) is 18.0. The van der Waals surface area contributed by atoms with Crippen molar-refractivity contribution in [3.8, 4) is 34.0 Å². The normalized spacial score (nSPS) is 10.9. The Morgan fingerprint density at radius 3 is 1.68 bits per heavy atom. The fourth-order valence-corrected chi connectivity index (χ4v) is 6.40. The van der Waals surface area contributed by atoms with Gasteiger partial charge in [-0.2, -0.15) is 26.3 Å². The lowest BCUT2D eigenvalue weighted by atomic mass is 10.1. The van der Waals surface area contributed by atoms with Crippen molar-refractivity contribution in [2.24, 2.45) is 14.1 Å². The van der Waals surface area contributed by atoms with Crippen molar-refractivity contribution in [3.63, 3.8) is 0 Å². The van der Waals surface area contributed by atoms with Gasteiger partial charge in [-0.1, -0.05) is 36.4 Å². The Morgan fingerprint density at radius 2 is 1.16 bits per heavy atom. The van der Waals surface area contributed by atoms with Crippen LogP contribution in [0.5, 0.6) is 11.5 Å². The second-order valence-electron chi connectivity index (χ2n) is 13.1. The molecule has 4 aromatic carbocycles. The van der Waals surface area contributed by atoms with Crippen LogP contribution in [0.2, 0.25) is 5.28 Å². The monoisotopic (exact) mass is 893 g/mol. The lowest BCUT2D eigenvalue weighted by molar-refractivity contribution is -0.387. The van der Waals surface area contributed by atoms with Gasteiger partial charge in [0.05, 0.1) is 26.9 Å². The average molecular weight is 894 g/mol. The zero-order chi connectivity index (χ0) is 45.5. The summed E-state index contributed by atoms with van der Waals surface area (Å²) in [4.78, 5) is 36.0. The van der Waals surface area contributed by atoms with Crippen LogP contribution in [0.1, 0.15) is 5.56 Å². The highest BCUT2D eigenvalue weighted by atomic mass is 35.5. The molecule has 8 aromatic rings. The molecule has 8 rings (SSSR count). The smallest absolute Gasteiger partial charge is 0.387 e. The van der Waals surface area contributed by atoms with Crippen molar-refractivity contribution >= 4 is 56.4 Å². The summed E-state index contributed by atoms with van der Waals surface area (Å²) >= 11 is 5.82. The van der Waals surface area contributed by atoms with E-state index in [1.807, 2.05) is 67.3 Å². The molecule has 0 fully saturated rings. The predicted octanol–water partition coefficient (Wildman–Crippen LogP) is 11.0. The largest absolute Gasteiger partial charge is 0.434 e. The maximum atomic E-state index is 13.9. The number of nitrogens with one attached hydrogen (secondary N) is 1. The van der Waals surface area contributed by atoms with Crippen LogP contribution in [-0.2, 0) is 14.1 Å². The van der Waals surface area contributed by atoms with Crippen LogP contribution in [0.15, 0.2) is 110 Å². The number of ether oxygens (including phenoxy) is 2. The van der Waals surface area contributed by atoms with Gasteiger partial charge in [-0.15, -0.1) is 0 Å². The molecule has 4 heterocycles.